The average Bonchev–Trinajstić information content (AvgIpc) is 2.66. The first-order valence-corrected chi connectivity index (χ1v) is 5.83. The van der Waals surface area contributed by atoms with Crippen LogP contribution in [-0.2, 0) is 4.74 Å². The van der Waals surface area contributed by atoms with Gasteiger partial charge in [-0.15, -0.1) is 0 Å². The number of aliphatic hydroxyl groups excluding tert-OH is 1. The number of ether oxygens (including phenoxy) is 1. The minimum absolute atomic E-state index is 0.0791. The predicted octanol–water partition coefficient (Wildman–Crippen LogP) is 0.0795. The van der Waals surface area contributed by atoms with Crippen LogP contribution in [0.15, 0.2) is 17.1 Å². The number of hydrogen-bond donors (Lipinski definition) is 2. The fourth-order valence-electron chi connectivity index (χ4n) is 2.23. The van der Waals surface area contributed by atoms with Gasteiger partial charge >= 0.3 is 5.69 Å². The number of alkyl halides is 1. The van der Waals surface area contributed by atoms with Crippen molar-refractivity contribution < 1.29 is 14.2 Å². The summed E-state index contributed by atoms with van der Waals surface area (Å²) in [6, 6.07) is 1.41. The molecule has 0 saturated carbocycles. The third-order valence-corrected chi connectivity index (χ3v) is 3.21. The molecule has 0 spiro atoms. The Balaban J connectivity index is 2.32. The summed E-state index contributed by atoms with van der Waals surface area (Å²) < 4.78 is 20.7. The van der Waals surface area contributed by atoms with Gasteiger partial charge in [0.25, 0.3) is 0 Å². The second kappa shape index (κ2) is 5.03. The Hall–Kier alpha value is -1.47. The van der Waals surface area contributed by atoms with Crippen molar-refractivity contribution in [1.82, 2.24) is 9.55 Å². The first kappa shape index (κ1) is 13.0. The van der Waals surface area contributed by atoms with E-state index in [1.165, 1.54) is 12.3 Å². The molecule has 4 atom stereocenters. The van der Waals surface area contributed by atoms with Crippen LogP contribution in [0.5, 0.6) is 0 Å². The maximum Gasteiger partial charge on any atom is 0.351 e. The number of hydrogen-bond acceptors (Lipinski definition) is 5. The van der Waals surface area contributed by atoms with Crippen LogP contribution >= 0.6 is 0 Å². The number of rotatable bonds is 3. The smallest absolute Gasteiger partial charge is 0.351 e. The number of aliphatic hydroxyl groups is 1. The van der Waals surface area contributed by atoms with Crippen LogP contribution in [0, 0.1) is 5.92 Å². The Morgan fingerprint density at radius 2 is 2.39 bits per heavy atom. The summed E-state index contributed by atoms with van der Waals surface area (Å²) in [6.07, 6.45) is -0.969. The summed E-state index contributed by atoms with van der Waals surface area (Å²) in [5.41, 5.74) is 4.71. The number of nitrogens with zero attached hydrogens (tertiary/aromatic N) is 2. The number of nitrogen functional groups attached to an aromatic ring is 1. The molecule has 0 amide bonds. The average molecular weight is 257 g/mol. The van der Waals surface area contributed by atoms with E-state index in [2.05, 4.69) is 4.98 Å². The normalized spacial score (nSPS) is 31.7. The third kappa shape index (κ3) is 2.11. The molecule has 1 aliphatic heterocycles. The van der Waals surface area contributed by atoms with Crippen LogP contribution in [0.2, 0.25) is 0 Å². The first-order valence-electron chi connectivity index (χ1n) is 5.83. The van der Waals surface area contributed by atoms with Gasteiger partial charge in [0.15, 0.2) is 12.4 Å². The highest BCUT2D eigenvalue weighted by Gasteiger charge is 2.45. The predicted molar refractivity (Wildman–Crippen MR) is 62.6 cm³/mol. The molecule has 18 heavy (non-hydrogen) atoms. The molecule has 0 aromatic carbocycles. The van der Waals surface area contributed by atoms with E-state index in [0.29, 0.717) is 6.42 Å². The van der Waals surface area contributed by atoms with Gasteiger partial charge in [-0.3, -0.25) is 4.57 Å². The summed E-state index contributed by atoms with van der Waals surface area (Å²) in [5.74, 6) is -0.542. The van der Waals surface area contributed by atoms with Crippen LogP contribution in [0.25, 0.3) is 0 Å². The summed E-state index contributed by atoms with van der Waals surface area (Å²) in [5, 5.41) is 9.17. The van der Waals surface area contributed by atoms with Gasteiger partial charge in [0.2, 0.25) is 0 Å². The van der Waals surface area contributed by atoms with Gasteiger partial charge in [0.05, 0.1) is 12.7 Å². The topological polar surface area (TPSA) is 90.4 Å². The van der Waals surface area contributed by atoms with Crippen molar-refractivity contribution in [3.63, 3.8) is 0 Å². The molecule has 1 aromatic heterocycles. The van der Waals surface area contributed by atoms with Gasteiger partial charge in [-0.25, -0.2) is 9.18 Å². The molecule has 1 aliphatic rings. The van der Waals surface area contributed by atoms with Crippen LogP contribution < -0.4 is 11.4 Å². The number of halogens is 1. The van der Waals surface area contributed by atoms with E-state index < -0.39 is 30.1 Å². The molecular weight excluding hydrogens is 241 g/mol. The molecule has 2 rings (SSSR count). The first-order chi connectivity index (χ1) is 8.58. The van der Waals surface area contributed by atoms with E-state index in [4.69, 9.17) is 10.5 Å². The minimum Gasteiger partial charge on any atom is -0.396 e. The maximum absolute atomic E-state index is 14.2. The Morgan fingerprint density at radius 3 is 2.89 bits per heavy atom. The molecular formula is C11H16FN3O3. The van der Waals surface area contributed by atoms with E-state index in [1.54, 1.807) is 0 Å². The zero-order valence-electron chi connectivity index (χ0n) is 9.99. The quantitative estimate of drug-likeness (QED) is 0.800. The highest BCUT2D eigenvalue weighted by molar-refractivity contribution is 5.23. The Kier molecular flexibility index (Phi) is 3.63. The highest BCUT2D eigenvalue weighted by atomic mass is 19.1. The van der Waals surface area contributed by atoms with Crippen LogP contribution in [0.3, 0.4) is 0 Å². The highest BCUT2D eigenvalue weighted by Crippen LogP contribution is 2.36. The second-order valence-electron chi connectivity index (χ2n) is 4.31. The van der Waals surface area contributed by atoms with E-state index >= 15 is 0 Å². The molecule has 0 aliphatic carbocycles. The van der Waals surface area contributed by atoms with Gasteiger partial charge in [0, 0.05) is 12.1 Å². The Morgan fingerprint density at radius 1 is 1.67 bits per heavy atom. The number of anilines is 1. The largest absolute Gasteiger partial charge is 0.396 e. The van der Waals surface area contributed by atoms with Crippen molar-refractivity contribution >= 4 is 5.82 Å². The molecule has 0 bridgehead atoms. The van der Waals surface area contributed by atoms with Crippen molar-refractivity contribution in [1.29, 1.82) is 0 Å². The van der Waals surface area contributed by atoms with Gasteiger partial charge in [-0.1, -0.05) is 6.92 Å². The standard InChI is InChI=1S/C11H16FN3O3/c1-2-7-6(5-16)9(12)10(18-7)15-4-3-8(13)14-11(15)17/h3-4,6-7,9-10,16H,2,5H2,1H3,(H2,13,14,17)/t6-,7-,9-,10-/m0/s1. The van der Waals surface area contributed by atoms with Crippen molar-refractivity contribution in [3.05, 3.63) is 22.7 Å². The van der Waals surface area contributed by atoms with E-state index in [1.807, 2.05) is 6.92 Å². The molecule has 0 radical (unpaired) electrons. The van der Waals surface area contributed by atoms with Crippen LogP contribution in [0.1, 0.15) is 19.6 Å². The molecule has 0 unspecified atom stereocenters. The van der Waals surface area contributed by atoms with E-state index in [9.17, 15) is 14.3 Å². The zero-order valence-corrected chi connectivity index (χ0v) is 9.99. The molecule has 2 heterocycles. The lowest BCUT2D eigenvalue weighted by molar-refractivity contribution is -0.0247. The monoisotopic (exact) mass is 257 g/mol. The zero-order chi connectivity index (χ0) is 13.3. The minimum atomic E-state index is -1.44. The fourth-order valence-corrected chi connectivity index (χ4v) is 2.23. The van der Waals surface area contributed by atoms with Crippen molar-refractivity contribution in [3.8, 4) is 0 Å². The molecule has 1 aromatic rings. The van der Waals surface area contributed by atoms with Gasteiger partial charge in [0.1, 0.15) is 5.82 Å². The van der Waals surface area contributed by atoms with Gasteiger partial charge in [-0.2, -0.15) is 4.98 Å². The van der Waals surface area contributed by atoms with E-state index in [-0.39, 0.29) is 12.4 Å². The molecule has 6 nitrogen and oxygen atoms in total. The summed E-state index contributed by atoms with van der Waals surface area (Å²) in [4.78, 5) is 15.2. The molecule has 1 saturated heterocycles. The molecule has 1 fully saturated rings. The SMILES string of the molecule is CC[C@@H]1O[C@H](n2ccc(N)nc2=O)[C@@H](F)[C@H]1CO. The maximum atomic E-state index is 14.2. The van der Waals surface area contributed by atoms with Crippen molar-refractivity contribution in [2.75, 3.05) is 12.3 Å². The number of aromatic nitrogens is 2. The summed E-state index contributed by atoms with van der Waals surface area (Å²) in [7, 11) is 0. The lowest BCUT2D eigenvalue weighted by Gasteiger charge is -2.16. The van der Waals surface area contributed by atoms with Crippen LogP contribution in [0.4, 0.5) is 10.2 Å². The second-order valence-corrected chi connectivity index (χ2v) is 4.31. The fraction of sp³-hybridized carbons (Fsp3) is 0.636. The van der Waals surface area contributed by atoms with Crippen molar-refractivity contribution in [2.24, 2.45) is 5.92 Å². The number of nitrogens with two attached hydrogens (primary N) is 1. The summed E-state index contributed by atoms with van der Waals surface area (Å²) in [6.45, 7) is 1.53. The van der Waals surface area contributed by atoms with Gasteiger partial charge in [-0.05, 0) is 12.5 Å². The lowest BCUT2D eigenvalue weighted by atomic mass is 9.98. The lowest BCUT2D eigenvalue weighted by Crippen LogP contribution is -2.32. The van der Waals surface area contributed by atoms with Crippen LogP contribution in [-0.4, -0.2) is 33.5 Å². The Bertz CT molecular complexity index is 479. The molecule has 100 valence electrons. The molecule has 7 heteroatoms. The van der Waals surface area contributed by atoms with Gasteiger partial charge < -0.3 is 15.6 Å². The molecule has 3 N–H and O–H groups in total. The Labute approximate surface area is 103 Å². The summed E-state index contributed by atoms with van der Waals surface area (Å²) >= 11 is 0. The van der Waals surface area contributed by atoms with Crippen molar-refractivity contribution in [2.45, 2.75) is 31.8 Å². The van der Waals surface area contributed by atoms with E-state index in [0.717, 1.165) is 4.57 Å². The third-order valence-electron chi connectivity index (χ3n) is 3.21.